The first-order valence-electron chi connectivity index (χ1n) is 8.26. The van der Waals surface area contributed by atoms with Gasteiger partial charge in [0.25, 0.3) is 0 Å². The number of fused-ring (bicyclic) bond motifs is 3. The first-order valence-corrected chi connectivity index (χ1v) is 8.26. The van der Waals surface area contributed by atoms with Crippen molar-refractivity contribution in [3.63, 3.8) is 0 Å². The summed E-state index contributed by atoms with van der Waals surface area (Å²) >= 11 is 0. The summed E-state index contributed by atoms with van der Waals surface area (Å²) in [5, 5.41) is 10.4. The molecule has 4 nitrogen and oxygen atoms in total. The van der Waals surface area contributed by atoms with E-state index in [0.717, 1.165) is 0 Å². The van der Waals surface area contributed by atoms with Crippen LogP contribution in [0.5, 0.6) is 11.5 Å². The largest absolute Gasteiger partial charge is 0.508 e. The molecule has 1 N–H and O–H groups in total. The van der Waals surface area contributed by atoms with Gasteiger partial charge in [-0.05, 0) is 37.1 Å². The average molecular weight is 364 g/mol. The molecule has 1 heterocycles. The Kier molecular flexibility index (Phi) is 3.82. The second kappa shape index (κ2) is 5.93. The highest BCUT2D eigenvalue weighted by Crippen LogP contribution is 2.36. The molecule has 1 fully saturated rings. The van der Waals surface area contributed by atoms with Gasteiger partial charge in [0.1, 0.15) is 11.3 Å². The van der Waals surface area contributed by atoms with Gasteiger partial charge in [-0.1, -0.05) is 0 Å². The van der Waals surface area contributed by atoms with Crippen LogP contribution < -0.4 is 10.4 Å². The lowest BCUT2D eigenvalue weighted by molar-refractivity contribution is -0.0586. The van der Waals surface area contributed by atoms with E-state index in [0.29, 0.717) is 10.8 Å². The van der Waals surface area contributed by atoms with Gasteiger partial charge in [0.05, 0.1) is 11.5 Å². The standard InChI is InChI=1S/C19H15F3O4/c20-15-8-13-12-2-1-10(23)7-16(12)26-18(24)14(13)9-17(15)25-11-3-5-19(21,22)6-4-11/h1-2,7-9,11,23H,3-6H2. The van der Waals surface area contributed by atoms with Crippen molar-refractivity contribution in [1.82, 2.24) is 0 Å². The fourth-order valence-electron chi connectivity index (χ4n) is 3.32. The molecule has 26 heavy (non-hydrogen) atoms. The first kappa shape index (κ1) is 16.8. The fourth-order valence-corrected chi connectivity index (χ4v) is 3.32. The second-order valence-corrected chi connectivity index (χ2v) is 6.57. The molecule has 3 aromatic rings. The molecule has 1 aliphatic carbocycles. The van der Waals surface area contributed by atoms with E-state index >= 15 is 0 Å². The summed E-state index contributed by atoms with van der Waals surface area (Å²) < 4.78 is 51.7. The summed E-state index contributed by atoms with van der Waals surface area (Å²) in [5.74, 6) is -3.62. The molecule has 0 amide bonds. The van der Waals surface area contributed by atoms with Gasteiger partial charge < -0.3 is 14.3 Å². The molecule has 0 spiro atoms. The van der Waals surface area contributed by atoms with Crippen LogP contribution in [-0.4, -0.2) is 17.1 Å². The molecule has 2 aromatic carbocycles. The molecule has 0 saturated heterocycles. The number of halogens is 3. The molecule has 4 rings (SSSR count). The minimum absolute atomic E-state index is 0.0745. The van der Waals surface area contributed by atoms with E-state index in [-0.39, 0.29) is 48.2 Å². The molecule has 1 aromatic heterocycles. The van der Waals surface area contributed by atoms with Gasteiger partial charge in [-0.15, -0.1) is 0 Å². The van der Waals surface area contributed by atoms with Gasteiger partial charge in [-0.25, -0.2) is 18.0 Å². The van der Waals surface area contributed by atoms with Crippen LogP contribution in [0.2, 0.25) is 0 Å². The molecular formula is C19H15F3O4. The highest BCUT2D eigenvalue weighted by Gasteiger charge is 2.36. The number of benzene rings is 2. The van der Waals surface area contributed by atoms with Gasteiger partial charge in [0.2, 0.25) is 5.92 Å². The van der Waals surface area contributed by atoms with Crippen LogP contribution in [-0.2, 0) is 0 Å². The highest BCUT2D eigenvalue weighted by atomic mass is 19.3. The summed E-state index contributed by atoms with van der Waals surface area (Å²) in [6, 6.07) is 6.63. The first-order chi connectivity index (χ1) is 12.3. The predicted molar refractivity (Wildman–Crippen MR) is 89.4 cm³/mol. The fraction of sp³-hybridized carbons (Fsp3) is 0.316. The minimum Gasteiger partial charge on any atom is -0.508 e. The van der Waals surface area contributed by atoms with Gasteiger partial charge in [0.15, 0.2) is 11.6 Å². The summed E-state index contributed by atoms with van der Waals surface area (Å²) in [4.78, 5) is 12.2. The van der Waals surface area contributed by atoms with Crippen LogP contribution in [0.3, 0.4) is 0 Å². The number of ether oxygens (including phenoxy) is 1. The molecule has 0 atom stereocenters. The third kappa shape index (κ3) is 2.98. The number of hydrogen-bond donors (Lipinski definition) is 1. The van der Waals surface area contributed by atoms with Crippen LogP contribution in [0.4, 0.5) is 13.2 Å². The number of alkyl halides is 2. The molecule has 0 aliphatic heterocycles. The Bertz CT molecular complexity index is 1050. The van der Waals surface area contributed by atoms with Crippen molar-refractivity contribution in [2.75, 3.05) is 0 Å². The average Bonchev–Trinajstić information content (AvgIpc) is 2.57. The van der Waals surface area contributed by atoms with Crippen LogP contribution in [0.1, 0.15) is 25.7 Å². The molecule has 7 heteroatoms. The summed E-state index contributed by atoms with van der Waals surface area (Å²) in [5.41, 5.74) is -0.553. The highest BCUT2D eigenvalue weighted by molar-refractivity contribution is 6.05. The van der Waals surface area contributed by atoms with Crippen molar-refractivity contribution in [3.8, 4) is 11.5 Å². The lowest BCUT2D eigenvalue weighted by Gasteiger charge is -2.28. The SMILES string of the molecule is O=c1oc2cc(O)ccc2c2cc(F)c(OC3CCC(F)(F)CC3)cc12. The minimum atomic E-state index is -2.70. The monoisotopic (exact) mass is 364 g/mol. The second-order valence-electron chi connectivity index (χ2n) is 6.57. The molecule has 0 unspecified atom stereocenters. The van der Waals surface area contributed by atoms with E-state index in [1.807, 2.05) is 0 Å². The van der Waals surface area contributed by atoms with Gasteiger partial charge in [-0.3, -0.25) is 0 Å². The number of phenols is 1. The van der Waals surface area contributed by atoms with Crippen molar-refractivity contribution < 1.29 is 27.4 Å². The van der Waals surface area contributed by atoms with Crippen molar-refractivity contribution >= 4 is 21.7 Å². The van der Waals surface area contributed by atoms with E-state index in [1.165, 1.54) is 30.3 Å². The molecule has 1 aliphatic rings. The van der Waals surface area contributed by atoms with E-state index in [2.05, 4.69) is 0 Å². The predicted octanol–water partition coefficient (Wildman–Crippen LogP) is 4.75. The molecule has 1 saturated carbocycles. The zero-order chi connectivity index (χ0) is 18.5. The third-order valence-corrected chi connectivity index (χ3v) is 4.71. The maximum Gasteiger partial charge on any atom is 0.344 e. The van der Waals surface area contributed by atoms with E-state index in [1.54, 1.807) is 0 Å². The zero-order valence-corrected chi connectivity index (χ0v) is 13.6. The Morgan fingerprint density at radius 3 is 2.54 bits per heavy atom. The maximum absolute atomic E-state index is 14.5. The van der Waals surface area contributed by atoms with Gasteiger partial charge in [-0.2, -0.15) is 0 Å². The Labute approximate surface area is 145 Å². The van der Waals surface area contributed by atoms with Gasteiger partial charge >= 0.3 is 5.63 Å². The molecular weight excluding hydrogens is 349 g/mol. The van der Waals surface area contributed by atoms with E-state index < -0.39 is 23.5 Å². The quantitative estimate of drug-likeness (QED) is 0.527. The normalized spacial score (nSPS) is 17.7. The summed E-state index contributed by atoms with van der Waals surface area (Å²) in [7, 11) is 0. The molecule has 136 valence electrons. The molecule has 0 radical (unpaired) electrons. The van der Waals surface area contributed by atoms with E-state index in [9.17, 15) is 23.1 Å². The number of phenolic OH excluding ortho intramolecular Hbond substituents is 1. The van der Waals surface area contributed by atoms with Crippen LogP contribution in [0.25, 0.3) is 21.7 Å². The lowest BCUT2D eigenvalue weighted by Crippen LogP contribution is -2.30. The third-order valence-electron chi connectivity index (χ3n) is 4.71. The topological polar surface area (TPSA) is 59.7 Å². The van der Waals surface area contributed by atoms with E-state index in [4.69, 9.17) is 9.15 Å². The molecule has 0 bridgehead atoms. The Hall–Kier alpha value is -2.70. The van der Waals surface area contributed by atoms with Crippen molar-refractivity contribution in [2.24, 2.45) is 0 Å². The van der Waals surface area contributed by atoms with Crippen LogP contribution in [0.15, 0.2) is 39.5 Å². The zero-order valence-electron chi connectivity index (χ0n) is 13.6. The Balaban J connectivity index is 1.75. The Morgan fingerprint density at radius 2 is 1.81 bits per heavy atom. The van der Waals surface area contributed by atoms with Crippen molar-refractivity contribution in [3.05, 3.63) is 46.6 Å². The number of rotatable bonds is 2. The van der Waals surface area contributed by atoms with Crippen molar-refractivity contribution in [2.45, 2.75) is 37.7 Å². The number of hydrogen-bond acceptors (Lipinski definition) is 4. The van der Waals surface area contributed by atoms with Gasteiger partial charge in [0, 0.05) is 29.7 Å². The van der Waals surface area contributed by atoms with Crippen LogP contribution >= 0.6 is 0 Å². The maximum atomic E-state index is 14.5. The smallest absolute Gasteiger partial charge is 0.344 e. The van der Waals surface area contributed by atoms with Crippen LogP contribution in [0, 0.1) is 5.82 Å². The number of aromatic hydroxyl groups is 1. The van der Waals surface area contributed by atoms with Crippen molar-refractivity contribution in [1.29, 1.82) is 0 Å². The summed E-state index contributed by atoms with van der Waals surface area (Å²) in [6.07, 6.45) is -0.885. The lowest BCUT2D eigenvalue weighted by atomic mass is 9.94. The Morgan fingerprint density at radius 1 is 1.08 bits per heavy atom. The summed E-state index contributed by atoms with van der Waals surface area (Å²) in [6.45, 7) is 0.